The zero-order chi connectivity index (χ0) is 82.7. The minimum Gasteiger partial charge on any atom is -0.492 e. The molecule has 4 aromatic heterocycles. The van der Waals surface area contributed by atoms with E-state index >= 15 is 31.1 Å². The van der Waals surface area contributed by atoms with E-state index in [0.717, 1.165) is 26.0 Å². The number of alkyl halides is 6. The maximum atomic E-state index is 15.9. The summed E-state index contributed by atoms with van der Waals surface area (Å²) in [7, 11) is 1.31. The Morgan fingerprint density at radius 3 is 1.35 bits per heavy atom. The molecule has 2 fully saturated rings. The van der Waals surface area contributed by atoms with E-state index in [4.69, 9.17) is 38.4 Å². The molecule has 4 aliphatic heterocycles. The molecule has 24 nitrogen and oxygen atoms in total. The van der Waals surface area contributed by atoms with E-state index in [1.165, 1.54) is 95.3 Å². The van der Waals surface area contributed by atoms with Crippen LogP contribution in [0.4, 0.5) is 48.2 Å². The van der Waals surface area contributed by atoms with Gasteiger partial charge in [-0.05, 0) is 149 Å². The van der Waals surface area contributed by atoms with Crippen LogP contribution in [0.25, 0.3) is 42.7 Å². The first-order chi connectivity index (χ1) is 55.9. The van der Waals surface area contributed by atoms with Crippen molar-refractivity contribution in [2.45, 2.75) is 97.3 Å². The summed E-state index contributed by atoms with van der Waals surface area (Å²) in [6, 6.07) is 39.0. The number of benzene rings is 6. The number of pyridine rings is 2. The van der Waals surface area contributed by atoms with Crippen LogP contribution in [0.3, 0.4) is 0 Å². The maximum Gasteiger partial charge on any atom is 0.420 e. The lowest BCUT2D eigenvalue weighted by Gasteiger charge is -2.38. The van der Waals surface area contributed by atoms with Gasteiger partial charge in [0.2, 0.25) is 0 Å². The summed E-state index contributed by atoms with van der Waals surface area (Å²) in [5.41, 5.74) is -1.73. The van der Waals surface area contributed by atoms with E-state index in [9.17, 15) is 24.0 Å². The third-order valence-corrected chi connectivity index (χ3v) is 22.3. The average molecular weight is 1650 g/mol. The van der Waals surface area contributed by atoms with E-state index in [-0.39, 0.29) is 112 Å². The normalized spacial score (nSPS) is 15.6. The van der Waals surface area contributed by atoms with Crippen LogP contribution in [0.1, 0.15) is 117 Å². The van der Waals surface area contributed by atoms with Crippen LogP contribution in [0.15, 0.2) is 146 Å². The van der Waals surface area contributed by atoms with Crippen LogP contribution < -0.4 is 29.9 Å². The summed E-state index contributed by atoms with van der Waals surface area (Å²) >= 11 is 2.65. The predicted molar refractivity (Wildman–Crippen MR) is 431 cm³/mol. The van der Waals surface area contributed by atoms with Crippen LogP contribution in [0.2, 0.25) is 0 Å². The standard InChI is InChI=1S/C85H86F6N12O12S2/c1-82(2,3)114-78(108)73-56(29-31-68(95-73)103-35-33-52-17-13-21-58(60(52)49-103)75(106)97-81-93-62-23-9-11-27-66(62)117-81)54-19-15-25-64(71(54)85(89,90)91)112-47-45-99-40-42-101(43-41-99)76(79(109)115-83(4,5)6)113-77(107)72-55(53-18-14-24-63(70(53)84(86,87)88)111-46-44-98-36-38-100(39-37-98)50-69(104)110-7)28-30-67(94-72)102-34-32-51-16-12-20-57(59(51)48-102)74(105)96-80-92-61-22-8-10-26-65(61)116-80/h8-31,76H,32-50H2,1-7H3,(H,92,96,105)(H,93,97,106). The van der Waals surface area contributed by atoms with E-state index in [1.807, 2.05) is 80.3 Å². The minimum absolute atomic E-state index is 0.00837. The molecule has 0 bridgehead atoms. The van der Waals surface area contributed by atoms with E-state index < -0.39 is 93.0 Å². The highest BCUT2D eigenvalue weighted by Crippen LogP contribution is 2.47. The summed E-state index contributed by atoms with van der Waals surface area (Å²) < 4.78 is 132. The number of anilines is 4. The summed E-state index contributed by atoms with van der Waals surface area (Å²) in [4.78, 5) is 114. The number of methoxy groups -OCH3 is 1. The quantitative estimate of drug-likeness (QED) is 0.0343. The number of hydrogen-bond donors (Lipinski definition) is 2. The van der Waals surface area contributed by atoms with Gasteiger partial charge in [0.1, 0.15) is 58.7 Å². The van der Waals surface area contributed by atoms with Gasteiger partial charge in [-0.15, -0.1) is 0 Å². The number of piperazine rings is 2. The lowest BCUT2D eigenvalue weighted by molar-refractivity contribution is -0.178. The van der Waals surface area contributed by atoms with Gasteiger partial charge in [-0.1, -0.05) is 95.5 Å². The van der Waals surface area contributed by atoms with Gasteiger partial charge in [0, 0.05) is 125 Å². The maximum absolute atomic E-state index is 15.9. The van der Waals surface area contributed by atoms with Crippen LogP contribution in [-0.2, 0) is 66.8 Å². The molecule has 612 valence electrons. The number of carbonyl (C=O) groups is 6. The summed E-state index contributed by atoms with van der Waals surface area (Å²) in [6.07, 6.45) is -11.1. The lowest BCUT2D eigenvalue weighted by atomic mass is 9.94. The molecule has 0 spiro atoms. The van der Waals surface area contributed by atoms with Crippen LogP contribution in [0, 0.1) is 0 Å². The minimum atomic E-state index is -5.09. The van der Waals surface area contributed by atoms with Crippen molar-refractivity contribution in [1.29, 1.82) is 0 Å². The van der Waals surface area contributed by atoms with Gasteiger partial charge in [-0.25, -0.2) is 34.3 Å². The van der Waals surface area contributed by atoms with Crippen LogP contribution >= 0.6 is 22.7 Å². The Labute approximate surface area is 678 Å². The zero-order valence-corrected chi connectivity index (χ0v) is 67.0. The first-order valence-corrected chi connectivity index (χ1v) is 39.9. The zero-order valence-electron chi connectivity index (χ0n) is 65.3. The number of para-hydroxylation sites is 2. The van der Waals surface area contributed by atoms with Crippen molar-refractivity contribution < 1.29 is 83.5 Å². The van der Waals surface area contributed by atoms with Gasteiger partial charge in [0.15, 0.2) is 21.7 Å². The van der Waals surface area contributed by atoms with Gasteiger partial charge >= 0.3 is 36.2 Å². The van der Waals surface area contributed by atoms with Gasteiger partial charge < -0.3 is 38.2 Å². The smallest absolute Gasteiger partial charge is 0.420 e. The SMILES string of the molecule is COC(=O)CN1CCN(CCOc2cccc(-c3ccc(N4CCc5cccc(C(=O)Nc6nc7ccccc7s6)c5C4)nc3C(=O)OC(C(=O)OC(C)(C)C)N3CCN(CCOc4cccc(-c5ccc(N6CCc7cccc(C(=O)Nc8nc9ccccc9s8)c7C6)nc5C(=O)OC(C)(C)C)c4C(F)(F)F)CC3)c2C(F)(F)F)CC1. The third-order valence-electron chi connectivity index (χ3n) is 20.4. The molecule has 0 saturated carbocycles. The molecule has 2 N–H and O–H groups in total. The number of amides is 2. The van der Waals surface area contributed by atoms with Crippen molar-refractivity contribution in [3.05, 3.63) is 201 Å². The number of hydrogen-bond acceptors (Lipinski definition) is 24. The molecule has 10 aromatic rings. The largest absolute Gasteiger partial charge is 0.492 e. The topological polar surface area (TPSA) is 253 Å². The lowest BCUT2D eigenvalue weighted by Crippen LogP contribution is -2.55. The number of esters is 4. The molecule has 6 aromatic carbocycles. The van der Waals surface area contributed by atoms with Crippen molar-refractivity contribution in [2.24, 2.45) is 0 Å². The van der Waals surface area contributed by atoms with E-state index in [1.54, 1.807) is 70.7 Å². The van der Waals surface area contributed by atoms with Crippen molar-refractivity contribution >= 4 is 101 Å². The van der Waals surface area contributed by atoms with Crippen molar-refractivity contribution in [3.63, 3.8) is 0 Å². The summed E-state index contributed by atoms with van der Waals surface area (Å²) in [6.45, 7) is 12.9. The Bertz CT molecular complexity index is 5340. The predicted octanol–water partition coefficient (Wildman–Crippen LogP) is 14.3. The molecule has 0 aliphatic carbocycles. The fourth-order valence-corrected chi connectivity index (χ4v) is 16.5. The molecule has 2 amide bonds. The van der Waals surface area contributed by atoms with Gasteiger partial charge in [0.05, 0.1) is 34.1 Å². The molecule has 8 heterocycles. The van der Waals surface area contributed by atoms with Crippen molar-refractivity contribution in [1.82, 2.24) is 39.5 Å². The molecule has 2 saturated heterocycles. The third kappa shape index (κ3) is 19.4. The van der Waals surface area contributed by atoms with Crippen LogP contribution in [-0.4, -0.2) is 198 Å². The Morgan fingerprint density at radius 2 is 0.906 bits per heavy atom. The Balaban J connectivity index is 0.704. The monoisotopic (exact) mass is 1640 g/mol. The fourth-order valence-electron chi connectivity index (χ4n) is 14.8. The number of carbonyl (C=O) groups excluding carboxylic acids is 6. The molecule has 14 rings (SSSR count). The number of halogens is 6. The molecular weight excluding hydrogens is 1560 g/mol. The number of thiazole rings is 2. The molecule has 32 heteroatoms. The van der Waals surface area contributed by atoms with Gasteiger partial charge in [-0.2, -0.15) is 26.3 Å². The highest BCUT2D eigenvalue weighted by molar-refractivity contribution is 7.22. The highest BCUT2D eigenvalue weighted by atomic mass is 32.1. The number of nitrogens with one attached hydrogen (secondary N) is 2. The molecule has 4 aliphatic rings. The highest BCUT2D eigenvalue weighted by Gasteiger charge is 2.43. The van der Waals surface area contributed by atoms with Gasteiger partial charge in [0.25, 0.3) is 18.0 Å². The Kier molecular flexibility index (Phi) is 24.3. The number of ether oxygens (including phenoxy) is 6. The van der Waals surface area contributed by atoms with Crippen LogP contribution in [0.5, 0.6) is 11.5 Å². The first kappa shape index (κ1) is 82.4. The molecular formula is C85H86F6N12O12S2. The fraction of sp³-hybridized carbons (Fsp3) is 0.365. The first-order valence-electron chi connectivity index (χ1n) is 38.3. The summed E-state index contributed by atoms with van der Waals surface area (Å²) in [5.74, 6) is -5.18. The summed E-state index contributed by atoms with van der Waals surface area (Å²) in [5, 5.41) is 6.68. The number of nitrogens with zero attached hydrogens (tertiary/aromatic N) is 10. The van der Waals surface area contributed by atoms with Gasteiger partial charge in [-0.3, -0.25) is 44.6 Å². The second kappa shape index (κ2) is 34.6. The number of fused-ring (bicyclic) bond motifs is 4. The molecule has 1 atom stereocenters. The number of rotatable bonds is 23. The molecule has 0 radical (unpaired) electrons. The molecule has 117 heavy (non-hydrogen) atoms. The Morgan fingerprint density at radius 1 is 0.470 bits per heavy atom. The van der Waals surface area contributed by atoms with E-state index in [2.05, 4.69) is 20.6 Å². The number of aromatic nitrogens is 4. The molecule has 1 unspecified atom stereocenters. The Hall–Kier alpha value is -11.2. The van der Waals surface area contributed by atoms with Crippen molar-refractivity contribution in [2.75, 3.05) is 126 Å². The second-order valence-electron chi connectivity index (χ2n) is 30.7. The van der Waals surface area contributed by atoms with E-state index in [0.29, 0.717) is 90.1 Å². The average Bonchev–Trinajstić information content (AvgIpc) is 1.35. The second-order valence-corrected chi connectivity index (χ2v) is 32.7. The van der Waals surface area contributed by atoms with Crippen molar-refractivity contribution in [3.8, 4) is 33.8 Å².